The SMILES string of the molecule is COc1cccc(C(C)NC2CCN(C3CC3)C2)c1. The summed E-state index contributed by atoms with van der Waals surface area (Å²) >= 11 is 0. The molecule has 2 unspecified atom stereocenters. The molecule has 1 saturated heterocycles. The third-order valence-electron chi connectivity index (χ3n) is 4.36. The number of ether oxygens (including phenoxy) is 1. The molecule has 1 aromatic carbocycles. The van der Waals surface area contributed by atoms with E-state index in [4.69, 9.17) is 4.74 Å². The molecule has 2 atom stereocenters. The Balaban J connectivity index is 1.56. The quantitative estimate of drug-likeness (QED) is 0.880. The number of likely N-dealkylation sites (tertiary alicyclic amines) is 1. The summed E-state index contributed by atoms with van der Waals surface area (Å²) in [4.78, 5) is 2.65. The molecule has 3 rings (SSSR count). The first-order valence-electron chi connectivity index (χ1n) is 7.40. The van der Waals surface area contributed by atoms with E-state index in [1.807, 2.05) is 6.07 Å². The van der Waals surface area contributed by atoms with Crippen molar-refractivity contribution in [3.8, 4) is 5.75 Å². The number of hydrogen-bond acceptors (Lipinski definition) is 3. The number of rotatable bonds is 5. The molecular weight excluding hydrogens is 236 g/mol. The Bertz CT molecular complexity index is 431. The van der Waals surface area contributed by atoms with Crippen molar-refractivity contribution in [3.63, 3.8) is 0 Å². The summed E-state index contributed by atoms with van der Waals surface area (Å²) < 4.78 is 5.30. The van der Waals surface area contributed by atoms with Crippen LogP contribution >= 0.6 is 0 Å². The van der Waals surface area contributed by atoms with Gasteiger partial charge < -0.3 is 10.1 Å². The minimum atomic E-state index is 0.388. The fourth-order valence-corrected chi connectivity index (χ4v) is 3.06. The molecule has 1 saturated carbocycles. The predicted octanol–water partition coefficient (Wildman–Crippen LogP) is 2.58. The van der Waals surface area contributed by atoms with Crippen LogP contribution in [0.3, 0.4) is 0 Å². The molecule has 0 spiro atoms. The van der Waals surface area contributed by atoms with Gasteiger partial charge in [0.1, 0.15) is 5.75 Å². The van der Waals surface area contributed by atoms with E-state index in [1.54, 1.807) is 7.11 Å². The Labute approximate surface area is 115 Å². The first kappa shape index (κ1) is 12.9. The lowest BCUT2D eigenvalue weighted by molar-refractivity contribution is 0.313. The standard InChI is InChI=1S/C16H24N2O/c1-12(13-4-3-5-16(10-13)19-2)17-14-8-9-18(11-14)15-6-7-15/h3-5,10,12,14-15,17H,6-9,11H2,1-2H3. The minimum Gasteiger partial charge on any atom is -0.497 e. The molecule has 2 fully saturated rings. The van der Waals surface area contributed by atoms with Gasteiger partial charge in [-0.1, -0.05) is 12.1 Å². The zero-order valence-corrected chi connectivity index (χ0v) is 11.9. The van der Waals surface area contributed by atoms with Crippen LogP contribution < -0.4 is 10.1 Å². The topological polar surface area (TPSA) is 24.5 Å². The smallest absolute Gasteiger partial charge is 0.119 e. The highest BCUT2D eigenvalue weighted by Crippen LogP contribution is 2.30. The van der Waals surface area contributed by atoms with E-state index in [0.29, 0.717) is 12.1 Å². The number of nitrogens with zero attached hydrogens (tertiary/aromatic N) is 1. The molecule has 0 amide bonds. The van der Waals surface area contributed by atoms with Crippen LogP contribution in [0.4, 0.5) is 0 Å². The van der Waals surface area contributed by atoms with Crippen LogP contribution in [-0.4, -0.2) is 37.2 Å². The highest BCUT2D eigenvalue weighted by Gasteiger charge is 2.34. The minimum absolute atomic E-state index is 0.388. The summed E-state index contributed by atoms with van der Waals surface area (Å²) in [7, 11) is 1.72. The summed E-state index contributed by atoms with van der Waals surface area (Å²) in [5.41, 5.74) is 1.31. The molecule has 1 aliphatic heterocycles. The van der Waals surface area contributed by atoms with Crippen LogP contribution in [0.15, 0.2) is 24.3 Å². The Morgan fingerprint density at radius 1 is 1.32 bits per heavy atom. The number of methoxy groups -OCH3 is 1. The van der Waals surface area contributed by atoms with Gasteiger partial charge in [-0.15, -0.1) is 0 Å². The maximum absolute atomic E-state index is 5.30. The molecule has 0 bridgehead atoms. The van der Waals surface area contributed by atoms with Gasteiger partial charge in [0.05, 0.1) is 7.11 Å². The van der Waals surface area contributed by atoms with Gasteiger partial charge >= 0.3 is 0 Å². The van der Waals surface area contributed by atoms with Gasteiger partial charge in [-0.05, 0) is 43.9 Å². The summed E-state index contributed by atoms with van der Waals surface area (Å²) in [6.45, 7) is 4.74. The third-order valence-corrected chi connectivity index (χ3v) is 4.36. The maximum atomic E-state index is 5.30. The molecule has 1 aromatic rings. The van der Waals surface area contributed by atoms with Crippen molar-refractivity contribution in [1.29, 1.82) is 0 Å². The molecule has 2 aliphatic rings. The number of benzene rings is 1. The zero-order chi connectivity index (χ0) is 13.2. The van der Waals surface area contributed by atoms with Gasteiger partial charge in [0.2, 0.25) is 0 Å². The Morgan fingerprint density at radius 3 is 2.89 bits per heavy atom. The Morgan fingerprint density at radius 2 is 2.16 bits per heavy atom. The van der Waals surface area contributed by atoms with Gasteiger partial charge in [-0.2, -0.15) is 0 Å². The van der Waals surface area contributed by atoms with Crippen molar-refractivity contribution < 1.29 is 4.74 Å². The fourth-order valence-electron chi connectivity index (χ4n) is 3.06. The molecule has 1 N–H and O–H groups in total. The normalized spacial score (nSPS) is 25.5. The average Bonchev–Trinajstić information content (AvgIpc) is 3.19. The highest BCUT2D eigenvalue weighted by molar-refractivity contribution is 5.30. The van der Waals surface area contributed by atoms with Crippen LogP contribution in [0.2, 0.25) is 0 Å². The largest absolute Gasteiger partial charge is 0.497 e. The monoisotopic (exact) mass is 260 g/mol. The van der Waals surface area contributed by atoms with Gasteiger partial charge in [0.25, 0.3) is 0 Å². The fraction of sp³-hybridized carbons (Fsp3) is 0.625. The van der Waals surface area contributed by atoms with E-state index in [2.05, 4.69) is 35.3 Å². The first-order valence-corrected chi connectivity index (χ1v) is 7.40. The molecule has 1 heterocycles. The van der Waals surface area contributed by atoms with Gasteiger partial charge in [0.15, 0.2) is 0 Å². The second-order valence-electron chi connectivity index (χ2n) is 5.88. The summed E-state index contributed by atoms with van der Waals surface area (Å²) in [5.74, 6) is 0.942. The second kappa shape index (κ2) is 5.51. The van der Waals surface area contributed by atoms with Crippen LogP contribution in [0, 0.1) is 0 Å². The highest BCUT2D eigenvalue weighted by atomic mass is 16.5. The van der Waals surface area contributed by atoms with Crippen molar-refractivity contribution >= 4 is 0 Å². The van der Waals surface area contributed by atoms with Crippen molar-refractivity contribution in [2.24, 2.45) is 0 Å². The van der Waals surface area contributed by atoms with E-state index in [0.717, 1.165) is 11.8 Å². The number of nitrogens with one attached hydrogen (secondary N) is 1. The lowest BCUT2D eigenvalue weighted by atomic mass is 10.1. The Kier molecular flexibility index (Phi) is 3.76. The van der Waals surface area contributed by atoms with E-state index < -0.39 is 0 Å². The van der Waals surface area contributed by atoms with Crippen LogP contribution in [0.1, 0.15) is 37.8 Å². The second-order valence-corrected chi connectivity index (χ2v) is 5.88. The predicted molar refractivity (Wildman–Crippen MR) is 77.5 cm³/mol. The molecule has 0 radical (unpaired) electrons. The summed E-state index contributed by atoms with van der Waals surface area (Å²) in [5, 5.41) is 3.76. The average molecular weight is 260 g/mol. The Hall–Kier alpha value is -1.06. The summed E-state index contributed by atoms with van der Waals surface area (Å²) in [6, 6.07) is 10.3. The maximum Gasteiger partial charge on any atom is 0.119 e. The molecular formula is C16H24N2O. The third kappa shape index (κ3) is 3.10. The van der Waals surface area contributed by atoms with E-state index in [9.17, 15) is 0 Å². The molecule has 19 heavy (non-hydrogen) atoms. The first-order chi connectivity index (χ1) is 9.26. The number of hydrogen-bond donors (Lipinski definition) is 1. The van der Waals surface area contributed by atoms with Crippen molar-refractivity contribution in [3.05, 3.63) is 29.8 Å². The van der Waals surface area contributed by atoms with Crippen LogP contribution in [0.5, 0.6) is 5.75 Å². The van der Waals surface area contributed by atoms with E-state index in [-0.39, 0.29) is 0 Å². The summed E-state index contributed by atoms with van der Waals surface area (Å²) in [6.07, 6.45) is 4.11. The van der Waals surface area contributed by atoms with Crippen LogP contribution in [0.25, 0.3) is 0 Å². The zero-order valence-electron chi connectivity index (χ0n) is 11.9. The van der Waals surface area contributed by atoms with Crippen molar-refractivity contribution in [2.75, 3.05) is 20.2 Å². The van der Waals surface area contributed by atoms with Gasteiger partial charge in [0, 0.05) is 31.2 Å². The molecule has 3 nitrogen and oxygen atoms in total. The lowest BCUT2D eigenvalue weighted by Gasteiger charge is -2.21. The van der Waals surface area contributed by atoms with Gasteiger partial charge in [-0.3, -0.25) is 4.90 Å². The van der Waals surface area contributed by atoms with Crippen molar-refractivity contribution in [2.45, 2.75) is 44.3 Å². The molecule has 3 heteroatoms. The van der Waals surface area contributed by atoms with E-state index in [1.165, 1.54) is 37.9 Å². The van der Waals surface area contributed by atoms with Gasteiger partial charge in [-0.25, -0.2) is 0 Å². The lowest BCUT2D eigenvalue weighted by Crippen LogP contribution is -2.34. The molecule has 0 aromatic heterocycles. The van der Waals surface area contributed by atoms with E-state index >= 15 is 0 Å². The van der Waals surface area contributed by atoms with Crippen molar-refractivity contribution in [1.82, 2.24) is 10.2 Å². The van der Waals surface area contributed by atoms with Crippen LogP contribution in [-0.2, 0) is 0 Å². The molecule has 1 aliphatic carbocycles. The molecule has 104 valence electrons.